The smallest absolute Gasteiger partial charge is 0.338 e. The Labute approximate surface area is 147 Å². The van der Waals surface area contributed by atoms with Crippen LogP contribution in [-0.4, -0.2) is 44.4 Å². The zero-order valence-corrected chi connectivity index (χ0v) is 15.0. The Kier molecular flexibility index (Phi) is 5.94. The Morgan fingerprint density at radius 2 is 1.76 bits per heavy atom. The third-order valence-corrected chi connectivity index (χ3v) is 4.59. The average Bonchev–Trinajstić information content (AvgIpc) is 2.57. The summed E-state index contributed by atoms with van der Waals surface area (Å²) in [5.74, 6) is -0.148. The molecule has 0 aliphatic heterocycles. The zero-order valence-electron chi connectivity index (χ0n) is 14.2. The van der Waals surface area contributed by atoms with Gasteiger partial charge in [-0.05, 0) is 43.3 Å². The number of hydrogen-bond acceptors (Lipinski definition) is 6. The second kappa shape index (κ2) is 7.95. The standard InChI is InChI=1S/C16H20N4O4S/c1-4-24-16(21)12-5-7-13(8-6-12)18-14-9-10-15(17-11-14)19-25(22,23)20(2)3/h5-11,18H,4H2,1-3H3,(H,17,19). The number of hydrogen-bond donors (Lipinski definition) is 2. The van der Waals surface area contributed by atoms with Gasteiger partial charge in [0.05, 0.1) is 24.1 Å². The van der Waals surface area contributed by atoms with Crippen molar-refractivity contribution in [3.05, 3.63) is 48.2 Å². The van der Waals surface area contributed by atoms with E-state index in [9.17, 15) is 13.2 Å². The maximum Gasteiger partial charge on any atom is 0.338 e. The molecule has 0 saturated carbocycles. The van der Waals surface area contributed by atoms with Crippen molar-refractivity contribution in [2.24, 2.45) is 0 Å². The van der Waals surface area contributed by atoms with Crippen LogP contribution >= 0.6 is 0 Å². The van der Waals surface area contributed by atoms with Crippen molar-refractivity contribution in [2.45, 2.75) is 6.92 Å². The first-order chi connectivity index (χ1) is 11.8. The number of aromatic nitrogens is 1. The molecule has 0 bridgehead atoms. The van der Waals surface area contributed by atoms with Gasteiger partial charge in [-0.1, -0.05) is 0 Å². The van der Waals surface area contributed by atoms with Crippen LogP contribution in [0.4, 0.5) is 17.2 Å². The van der Waals surface area contributed by atoms with E-state index in [0.717, 1.165) is 9.99 Å². The third-order valence-electron chi connectivity index (χ3n) is 3.16. The van der Waals surface area contributed by atoms with E-state index in [1.54, 1.807) is 43.3 Å². The van der Waals surface area contributed by atoms with Crippen molar-refractivity contribution >= 4 is 33.4 Å². The number of rotatable bonds is 7. The molecule has 0 aliphatic rings. The highest BCUT2D eigenvalue weighted by atomic mass is 32.2. The van der Waals surface area contributed by atoms with E-state index >= 15 is 0 Å². The van der Waals surface area contributed by atoms with Gasteiger partial charge in [-0.15, -0.1) is 0 Å². The molecule has 0 aliphatic carbocycles. The molecule has 0 atom stereocenters. The van der Waals surface area contributed by atoms with Gasteiger partial charge in [0.2, 0.25) is 0 Å². The number of nitrogens with one attached hydrogen (secondary N) is 2. The van der Waals surface area contributed by atoms with Crippen LogP contribution in [0.5, 0.6) is 0 Å². The molecule has 25 heavy (non-hydrogen) atoms. The average molecular weight is 364 g/mol. The van der Waals surface area contributed by atoms with E-state index in [0.29, 0.717) is 17.9 Å². The van der Waals surface area contributed by atoms with Gasteiger partial charge in [-0.2, -0.15) is 12.7 Å². The molecule has 0 amide bonds. The summed E-state index contributed by atoms with van der Waals surface area (Å²) in [5.41, 5.74) is 1.91. The van der Waals surface area contributed by atoms with E-state index in [1.165, 1.54) is 20.3 Å². The van der Waals surface area contributed by atoms with Gasteiger partial charge in [0.1, 0.15) is 5.82 Å². The summed E-state index contributed by atoms with van der Waals surface area (Å²) in [5, 5.41) is 3.11. The van der Waals surface area contributed by atoms with Gasteiger partial charge in [0, 0.05) is 19.8 Å². The Morgan fingerprint density at radius 1 is 1.12 bits per heavy atom. The number of ether oxygens (including phenoxy) is 1. The lowest BCUT2D eigenvalue weighted by molar-refractivity contribution is 0.0526. The molecule has 2 N–H and O–H groups in total. The molecular formula is C16H20N4O4S. The SMILES string of the molecule is CCOC(=O)c1ccc(Nc2ccc(NS(=O)(=O)N(C)C)nc2)cc1. The Morgan fingerprint density at radius 3 is 2.28 bits per heavy atom. The molecular weight excluding hydrogens is 344 g/mol. The number of carbonyl (C=O) groups excluding carboxylic acids is 1. The van der Waals surface area contributed by atoms with E-state index in [-0.39, 0.29) is 11.8 Å². The topological polar surface area (TPSA) is 101 Å². The van der Waals surface area contributed by atoms with Crippen LogP contribution in [-0.2, 0) is 14.9 Å². The highest BCUT2D eigenvalue weighted by Gasteiger charge is 2.13. The fraction of sp³-hybridized carbons (Fsp3) is 0.250. The number of nitrogens with zero attached hydrogens (tertiary/aromatic N) is 2. The van der Waals surface area contributed by atoms with Crippen molar-refractivity contribution in [3.8, 4) is 0 Å². The number of benzene rings is 1. The van der Waals surface area contributed by atoms with Gasteiger partial charge in [0.15, 0.2) is 0 Å². The van der Waals surface area contributed by atoms with Crippen LogP contribution in [0.15, 0.2) is 42.6 Å². The fourth-order valence-corrected chi connectivity index (χ4v) is 2.39. The van der Waals surface area contributed by atoms with Gasteiger partial charge >= 0.3 is 16.2 Å². The minimum absolute atomic E-state index is 0.219. The highest BCUT2D eigenvalue weighted by Crippen LogP contribution is 2.18. The normalized spacial score (nSPS) is 11.2. The fourth-order valence-electron chi connectivity index (χ4n) is 1.82. The first-order valence-corrected chi connectivity index (χ1v) is 8.96. The number of pyridine rings is 1. The molecule has 2 rings (SSSR count). The molecule has 1 heterocycles. The molecule has 134 valence electrons. The lowest BCUT2D eigenvalue weighted by Crippen LogP contribution is -2.29. The number of esters is 1. The number of carbonyl (C=O) groups is 1. The van der Waals surface area contributed by atoms with Gasteiger partial charge in [-0.3, -0.25) is 4.72 Å². The van der Waals surface area contributed by atoms with Crippen LogP contribution in [0.3, 0.4) is 0 Å². The monoisotopic (exact) mass is 364 g/mol. The largest absolute Gasteiger partial charge is 0.462 e. The minimum Gasteiger partial charge on any atom is -0.462 e. The van der Waals surface area contributed by atoms with Gasteiger partial charge < -0.3 is 10.1 Å². The van der Waals surface area contributed by atoms with Crippen molar-refractivity contribution in [3.63, 3.8) is 0 Å². The summed E-state index contributed by atoms with van der Waals surface area (Å²) >= 11 is 0. The van der Waals surface area contributed by atoms with Crippen LogP contribution < -0.4 is 10.0 Å². The quantitative estimate of drug-likeness (QED) is 0.731. The number of anilines is 3. The molecule has 0 radical (unpaired) electrons. The van der Waals surface area contributed by atoms with Crippen molar-refractivity contribution in [1.29, 1.82) is 0 Å². The Hall–Kier alpha value is -2.65. The molecule has 9 heteroatoms. The molecule has 0 spiro atoms. The summed E-state index contributed by atoms with van der Waals surface area (Å²) in [4.78, 5) is 15.7. The van der Waals surface area contributed by atoms with E-state index < -0.39 is 10.2 Å². The summed E-state index contributed by atoms with van der Waals surface area (Å²) in [7, 11) is -0.727. The van der Waals surface area contributed by atoms with Gasteiger partial charge in [0.25, 0.3) is 0 Å². The summed E-state index contributed by atoms with van der Waals surface area (Å²) in [6.07, 6.45) is 1.51. The van der Waals surface area contributed by atoms with Crippen LogP contribution in [0, 0.1) is 0 Å². The van der Waals surface area contributed by atoms with Crippen LogP contribution in [0.1, 0.15) is 17.3 Å². The van der Waals surface area contributed by atoms with E-state index in [2.05, 4.69) is 15.0 Å². The molecule has 1 aromatic heterocycles. The minimum atomic E-state index is -3.58. The zero-order chi connectivity index (χ0) is 18.4. The maximum atomic E-state index is 11.7. The third kappa shape index (κ3) is 5.16. The molecule has 0 saturated heterocycles. The van der Waals surface area contributed by atoms with E-state index in [1.807, 2.05) is 0 Å². The van der Waals surface area contributed by atoms with Crippen molar-refractivity contribution in [1.82, 2.24) is 9.29 Å². The predicted molar refractivity (Wildman–Crippen MR) is 96.1 cm³/mol. The summed E-state index contributed by atoms with van der Waals surface area (Å²) < 4.78 is 31.8. The molecule has 1 aromatic carbocycles. The Bertz CT molecular complexity index is 818. The first-order valence-electron chi connectivity index (χ1n) is 7.52. The van der Waals surface area contributed by atoms with Crippen molar-refractivity contribution < 1.29 is 17.9 Å². The molecule has 0 fully saturated rings. The molecule has 0 unspecified atom stereocenters. The second-order valence-corrected chi connectivity index (χ2v) is 7.13. The van der Waals surface area contributed by atoms with Crippen LogP contribution in [0.2, 0.25) is 0 Å². The van der Waals surface area contributed by atoms with Gasteiger partial charge in [-0.25, -0.2) is 9.78 Å². The van der Waals surface area contributed by atoms with Crippen molar-refractivity contribution in [2.75, 3.05) is 30.7 Å². The summed E-state index contributed by atoms with van der Waals surface area (Å²) in [6, 6.07) is 10.1. The predicted octanol–water partition coefficient (Wildman–Crippen LogP) is 2.22. The van der Waals surface area contributed by atoms with E-state index in [4.69, 9.17) is 4.74 Å². The summed E-state index contributed by atoms with van der Waals surface area (Å²) in [6.45, 7) is 2.08. The molecule has 2 aromatic rings. The highest BCUT2D eigenvalue weighted by molar-refractivity contribution is 7.90. The lowest BCUT2D eigenvalue weighted by atomic mass is 10.2. The Balaban J connectivity index is 2.03. The van der Waals surface area contributed by atoms with Crippen LogP contribution in [0.25, 0.3) is 0 Å². The first kappa shape index (κ1) is 18.7. The maximum absolute atomic E-state index is 11.7. The lowest BCUT2D eigenvalue weighted by Gasteiger charge is -2.13. The molecule has 8 nitrogen and oxygen atoms in total. The second-order valence-electron chi connectivity index (χ2n) is 5.24.